The number of ether oxygens (including phenoxy) is 1. The predicted octanol–water partition coefficient (Wildman–Crippen LogP) is 3.78. The summed E-state index contributed by atoms with van der Waals surface area (Å²) in [6, 6.07) is 10.6. The molecule has 7 heteroatoms. The highest BCUT2D eigenvalue weighted by atomic mass is 79.9. The van der Waals surface area contributed by atoms with E-state index in [9.17, 15) is 18.0 Å². The minimum absolute atomic E-state index is 0.0633. The molecule has 1 aliphatic rings. The Labute approximate surface area is 138 Å². The molecule has 0 spiro atoms. The number of alkyl halides is 3. The molecule has 2 aromatic rings. The normalized spacial score (nSPS) is 20.0. The van der Waals surface area contributed by atoms with Crippen LogP contribution in [0.25, 0.3) is 0 Å². The molecule has 1 unspecified atom stereocenters. The van der Waals surface area contributed by atoms with E-state index in [1.165, 1.54) is 6.07 Å². The van der Waals surface area contributed by atoms with E-state index in [1.54, 1.807) is 30.3 Å². The molecule has 3 nitrogen and oxygen atoms in total. The highest BCUT2D eigenvalue weighted by Crippen LogP contribution is 2.48. The SMILES string of the molecule is NC(=O)C1(c2ccccc2)Cc2c(ccc(C(F)(F)F)c2Br)O1. The zero-order valence-electron chi connectivity index (χ0n) is 11.7. The van der Waals surface area contributed by atoms with E-state index in [2.05, 4.69) is 15.9 Å². The van der Waals surface area contributed by atoms with Crippen LogP contribution < -0.4 is 10.5 Å². The van der Waals surface area contributed by atoms with Crippen molar-refractivity contribution < 1.29 is 22.7 Å². The van der Waals surface area contributed by atoms with Gasteiger partial charge in [-0.1, -0.05) is 30.3 Å². The van der Waals surface area contributed by atoms with E-state index in [1.807, 2.05) is 0 Å². The quantitative estimate of drug-likeness (QED) is 0.854. The van der Waals surface area contributed by atoms with Crippen LogP contribution in [0.2, 0.25) is 0 Å². The number of nitrogens with two attached hydrogens (primary N) is 1. The molecular weight excluding hydrogens is 375 g/mol. The fourth-order valence-corrected chi connectivity index (χ4v) is 3.40. The lowest BCUT2D eigenvalue weighted by Gasteiger charge is -2.25. The summed E-state index contributed by atoms with van der Waals surface area (Å²) in [5.41, 5.74) is 3.99. The van der Waals surface area contributed by atoms with Crippen LogP contribution in [0.15, 0.2) is 46.9 Å². The van der Waals surface area contributed by atoms with E-state index in [-0.39, 0.29) is 22.2 Å². The first-order valence-electron chi connectivity index (χ1n) is 6.69. The maximum atomic E-state index is 13.0. The van der Waals surface area contributed by atoms with E-state index < -0.39 is 23.2 Å². The Bertz CT molecular complexity index is 777. The molecule has 1 atom stereocenters. The Morgan fingerprint density at radius 3 is 2.39 bits per heavy atom. The second-order valence-corrected chi connectivity index (χ2v) is 6.03. The van der Waals surface area contributed by atoms with E-state index >= 15 is 0 Å². The van der Waals surface area contributed by atoms with Gasteiger partial charge in [0.1, 0.15) is 5.75 Å². The standard InChI is InChI=1S/C16H11BrF3NO2/c17-13-10-8-15(14(21)22,9-4-2-1-3-5-9)23-12(10)7-6-11(13)16(18,19)20/h1-7H,8H2,(H2,21,22). The van der Waals surface area contributed by atoms with Crippen LogP contribution in [0.5, 0.6) is 5.75 Å². The zero-order chi connectivity index (χ0) is 16.8. The van der Waals surface area contributed by atoms with Gasteiger partial charge in [0.25, 0.3) is 5.91 Å². The summed E-state index contributed by atoms with van der Waals surface area (Å²) in [6.45, 7) is 0. The summed E-state index contributed by atoms with van der Waals surface area (Å²) in [5, 5.41) is 0. The van der Waals surface area contributed by atoms with Gasteiger partial charge in [0.15, 0.2) is 0 Å². The highest BCUT2D eigenvalue weighted by molar-refractivity contribution is 9.10. The van der Waals surface area contributed by atoms with E-state index in [0.29, 0.717) is 5.56 Å². The fraction of sp³-hybridized carbons (Fsp3) is 0.188. The lowest BCUT2D eigenvalue weighted by Crippen LogP contribution is -2.45. The Kier molecular flexibility index (Phi) is 3.63. The third-order valence-corrected chi connectivity index (χ3v) is 4.76. The lowest BCUT2D eigenvalue weighted by molar-refractivity contribution is -0.138. The number of amides is 1. The number of primary amides is 1. The highest BCUT2D eigenvalue weighted by Gasteiger charge is 2.48. The fourth-order valence-electron chi connectivity index (χ4n) is 2.70. The van der Waals surface area contributed by atoms with Crippen molar-refractivity contribution in [1.82, 2.24) is 0 Å². The van der Waals surface area contributed by atoms with Crippen molar-refractivity contribution >= 4 is 21.8 Å². The van der Waals surface area contributed by atoms with Gasteiger partial charge in [0, 0.05) is 22.0 Å². The number of hydrogen-bond donors (Lipinski definition) is 1. The summed E-state index contributed by atoms with van der Waals surface area (Å²) in [6.07, 6.45) is -4.56. The third-order valence-electron chi connectivity index (χ3n) is 3.85. The molecule has 0 aliphatic carbocycles. The Morgan fingerprint density at radius 2 is 1.83 bits per heavy atom. The van der Waals surface area contributed by atoms with Crippen molar-refractivity contribution in [2.75, 3.05) is 0 Å². The molecule has 0 fully saturated rings. The monoisotopic (exact) mass is 385 g/mol. The second-order valence-electron chi connectivity index (χ2n) is 5.24. The van der Waals surface area contributed by atoms with Gasteiger partial charge < -0.3 is 10.5 Å². The summed E-state index contributed by atoms with van der Waals surface area (Å²) in [4.78, 5) is 12.0. The lowest BCUT2D eigenvalue weighted by atomic mass is 9.88. The molecule has 1 amide bonds. The number of rotatable bonds is 2. The molecule has 0 bridgehead atoms. The third kappa shape index (κ3) is 2.49. The summed E-state index contributed by atoms with van der Waals surface area (Å²) in [5.74, 6) is -0.534. The molecule has 23 heavy (non-hydrogen) atoms. The van der Waals surface area contributed by atoms with Crippen LogP contribution in [0.3, 0.4) is 0 Å². The Balaban J connectivity index is 2.13. The Hall–Kier alpha value is -2.02. The largest absolute Gasteiger partial charge is 0.472 e. The molecular formula is C16H11BrF3NO2. The maximum absolute atomic E-state index is 13.0. The molecule has 2 N–H and O–H groups in total. The predicted molar refractivity (Wildman–Crippen MR) is 80.8 cm³/mol. The van der Waals surface area contributed by atoms with E-state index in [0.717, 1.165) is 6.07 Å². The maximum Gasteiger partial charge on any atom is 0.417 e. The van der Waals surface area contributed by atoms with E-state index in [4.69, 9.17) is 10.5 Å². The van der Waals surface area contributed by atoms with Crippen LogP contribution in [0.1, 0.15) is 16.7 Å². The number of carbonyl (C=O) groups is 1. The molecule has 0 saturated heterocycles. The first-order valence-corrected chi connectivity index (χ1v) is 7.48. The number of halogens is 4. The molecule has 1 heterocycles. The summed E-state index contributed by atoms with van der Waals surface area (Å²) < 4.78 is 44.7. The number of fused-ring (bicyclic) bond motifs is 1. The van der Waals surface area contributed by atoms with Crippen molar-refractivity contribution in [1.29, 1.82) is 0 Å². The summed E-state index contributed by atoms with van der Waals surface area (Å²) >= 11 is 2.99. The first-order chi connectivity index (χ1) is 10.8. The van der Waals surface area contributed by atoms with Gasteiger partial charge in [0.2, 0.25) is 5.60 Å². The average Bonchev–Trinajstić information content (AvgIpc) is 2.89. The van der Waals surface area contributed by atoms with Gasteiger partial charge in [0.05, 0.1) is 5.56 Å². The van der Waals surface area contributed by atoms with Gasteiger partial charge in [-0.3, -0.25) is 4.79 Å². The van der Waals surface area contributed by atoms with Crippen LogP contribution >= 0.6 is 15.9 Å². The molecule has 3 rings (SSSR count). The van der Waals surface area contributed by atoms with Crippen molar-refractivity contribution in [2.24, 2.45) is 5.73 Å². The molecule has 1 aliphatic heterocycles. The molecule has 0 aromatic heterocycles. The van der Waals surface area contributed by atoms with Crippen molar-refractivity contribution in [3.05, 3.63) is 63.6 Å². The van der Waals surface area contributed by atoms with Crippen molar-refractivity contribution in [3.63, 3.8) is 0 Å². The number of hydrogen-bond acceptors (Lipinski definition) is 2. The van der Waals surface area contributed by atoms with Gasteiger partial charge in [-0.15, -0.1) is 0 Å². The van der Waals surface area contributed by atoms with Gasteiger partial charge in [-0.05, 0) is 28.1 Å². The van der Waals surface area contributed by atoms with Gasteiger partial charge in [-0.25, -0.2) is 0 Å². The van der Waals surface area contributed by atoms with Crippen LogP contribution in [-0.2, 0) is 23.0 Å². The van der Waals surface area contributed by atoms with Gasteiger partial charge in [-0.2, -0.15) is 13.2 Å². The van der Waals surface area contributed by atoms with Gasteiger partial charge >= 0.3 is 6.18 Å². The van der Waals surface area contributed by atoms with Crippen LogP contribution in [0, 0.1) is 0 Å². The second kappa shape index (κ2) is 5.26. The molecule has 0 saturated carbocycles. The zero-order valence-corrected chi connectivity index (χ0v) is 13.2. The Morgan fingerprint density at radius 1 is 1.17 bits per heavy atom. The topological polar surface area (TPSA) is 52.3 Å². The van der Waals surface area contributed by atoms with Crippen LogP contribution in [-0.4, -0.2) is 5.91 Å². The molecule has 120 valence electrons. The number of benzene rings is 2. The van der Waals surface area contributed by atoms with Crippen molar-refractivity contribution in [2.45, 2.75) is 18.2 Å². The average molecular weight is 386 g/mol. The number of carbonyl (C=O) groups excluding carboxylic acids is 1. The minimum atomic E-state index is -4.50. The minimum Gasteiger partial charge on any atom is -0.472 e. The first kappa shape index (κ1) is 15.9. The van der Waals surface area contributed by atoms with Crippen LogP contribution in [0.4, 0.5) is 13.2 Å². The molecule has 0 radical (unpaired) electrons. The summed E-state index contributed by atoms with van der Waals surface area (Å²) in [7, 11) is 0. The molecule has 2 aromatic carbocycles. The smallest absolute Gasteiger partial charge is 0.417 e. The van der Waals surface area contributed by atoms with Crippen molar-refractivity contribution in [3.8, 4) is 5.75 Å².